The first-order valence-corrected chi connectivity index (χ1v) is 4.58. The van der Waals surface area contributed by atoms with Crippen molar-refractivity contribution in [1.29, 1.82) is 5.26 Å². The van der Waals surface area contributed by atoms with Crippen LogP contribution in [-0.2, 0) is 0 Å². The number of aryl methyl sites for hydroxylation is 1. The highest BCUT2D eigenvalue weighted by molar-refractivity contribution is 6.10. The Labute approximate surface area is 89.6 Å². The zero-order valence-electron chi connectivity index (χ0n) is 8.86. The maximum atomic E-state index is 8.80. The average Bonchev–Trinajstić information content (AvgIpc) is 2.27. The van der Waals surface area contributed by atoms with Crippen LogP contribution in [0.25, 0.3) is 5.57 Å². The topological polar surface area (TPSA) is 62.2 Å². The van der Waals surface area contributed by atoms with E-state index in [-0.39, 0.29) is 0 Å². The highest BCUT2D eigenvalue weighted by Crippen LogP contribution is 2.18. The first-order valence-electron chi connectivity index (χ1n) is 4.58. The van der Waals surface area contributed by atoms with Crippen molar-refractivity contribution in [3.63, 3.8) is 0 Å². The average molecular weight is 199 g/mol. The van der Waals surface area contributed by atoms with Gasteiger partial charge in [-0.05, 0) is 30.2 Å². The number of nitrogens with zero attached hydrogens (tertiary/aromatic N) is 2. The molecular formula is C12H13N3. The molecule has 0 aliphatic rings. The van der Waals surface area contributed by atoms with E-state index in [4.69, 9.17) is 11.0 Å². The monoisotopic (exact) mass is 199 g/mol. The largest absolute Gasteiger partial charge is 0.404 e. The number of rotatable bonds is 2. The van der Waals surface area contributed by atoms with Gasteiger partial charge in [0, 0.05) is 25.0 Å². The van der Waals surface area contributed by atoms with E-state index in [0.29, 0.717) is 5.56 Å². The van der Waals surface area contributed by atoms with Gasteiger partial charge in [0.1, 0.15) is 0 Å². The number of nitriles is 1. The summed E-state index contributed by atoms with van der Waals surface area (Å²) >= 11 is 0. The highest BCUT2D eigenvalue weighted by atomic mass is 14.6. The molecule has 0 amide bonds. The molecule has 0 unspecified atom stereocenters. The predicted octanol–water partition coefficient (Wildman–Crippen LogP) is 1.87. The van der Waals surface area contributed by atoms with Gasteiger partial charge in [-0.3, -0.25) is 4.99 Å². The van der Waals surface area contributed by atoms with E-state index >= 15 is 0 Å². The molecule has 3 nitrogen and oxygen atoms in total. The molecule has 0 aromatic heterocycles. The van der Waals surface area contributed by atoms with Crippen molar-refractivity contribution < 1.29 is 0 Å². The minimum absolute atomic E-state index is 0.624. The van der Waals surface area contributed by atoms with Crippen LogP contribution in [0.1, 0.15) is 16.7 Å². The van der Waals surface area contributed by atoms with E-state index < -0.39 is 0 Å². The first-order chi connectivity index (χ1) is 7.22. The molecule has 0 saturated heterocycles. The molecule has 1 aromatic carbocycles. The van der Waals surface area contributed by atoms with E-state index in [9.17, 15) is 0 Å². The molecule has 3 heteroatoms. The molecule has 0 atom stereocenters. The third-order valence-electron chi connectivity index (χ3n) is 2.13. The van der Waals surface area contributed by atoms with Gasteiger partial charge in [0.25, 0.3) is 0 Å². The second-order valence-electron chi connectivity index (χ2n) is 3.15. The molecule has 76 valence electrons. The molecule has 0 saturated carbocycles. The fraction of sp³-hybridized carbons (Fsp3) is 0.167. The number of hydrogen-bond acceptors (Lipinski definition) is 3. The summed E-state index contributed by atoms with van der Waals surface area (Å²) in [5.74, 6) is 0. The molecule has 15 heavy (non-hydrogen) atoms. The lowest BCUT2D eigenvalue weighted by molar-refractivity contribution is 1.39. The van der Waals surface area contributed by atoms with E-state index in [2.05, 4.69) is 11.1 Å². The highest BCUT2D eigenvalue weighted by Gasteiger charge is 2.03. The number of allylic oxidation sites excluding steroid dienone is 1. The van der Waals surface area contributed by atoms with E-state index in [1.54, 1.807) is 19.3 Å². The van der Waals surface area contributed by atoms with Crippen LogP contribution < -0.4 is 5.73 Å². The van der Waals surface area contributed by atoms with Crippen LogP contribution in [0.3, 0.4) is 0 Å². The molecule has 0 radical (unpaired) electrons. The molecule has 2 N–H and O–H groups in total. The Morgan fingerprint density at radius 1 is 1.53 bits per heavy atom. The van der Waals surface area contributed by atoms with Crippen LogP contribution in [0.2, 0.25) is 0 Å². The van der Waals surface area contributed by atoms with E-state index in [0.717, 1.165) is 16.7 Å². The lowest BCUT2D eigenvalue weighted by atomic mass is 9.99. The molecule has 0 aliphatic carbocycles. The third-order valence-corrected chi connectivity index (χ3v) is 2.13. The Balaban J connectivity index is 3.29. The minimum atomic E-state index is 0.624. The minimum Gasteiger partial charge on any atom is -0.404 e. The molecule has 0 heterocycles. The number of aliphatic imine (C=N–C) groups is 1. The van der Waals surface area contributed by atoms with Gasteiger partial charge < -0.3 is 5.73 Å². The molecule has 0 fully saturated rings. The van der Waals surface area contributed by atoms with Crippen LogP contribution in [-0.4, -0.2) is 13.3 Å². The summed E-state index contributed by atoms with van der Waals surface area (Å²) in [6.07, 6.45) is 3.18. The zero-order valence-corrected chi connectivity index (χ0v) is 8.86. The predicted molar refractivity (Wildman–Crippen MR) is 62.5 cm³/mol. The summed E-state index contributed by atoms with van der Waals surface area (Å²) in [5.41, 5.74) is 8.99. The van der Waals surface area contributed by atoms with Crippen molar-refractivity contribution in [3.8, 4) is 6.07 Å². The fourth-order valence-electron chi connectivity index (χ4n) is 1.34. The quantitative estimate of drug-likeness (QED) is 0.739. The number of hydrogen-bond donors (Lipinski definition) is 1. The summed E-state index contributed by atoms with van der Waals surface area (Å²) in [6, 6.07) is 7.61. The summed E-state index contributed by atoms with van der Waals surface area (Å²) in [7, 11) is 1.69. The second-order valence-corrected chi connectivity index (χ2v) is 3.15. The van der Waals surface area contributed by atoms with Crippen LogP contribution in [0.15, 0.2) is 29.4 Å². The normalized spacial score (nSPS) is 11.7. The number of benzene rings is 1. The van der Waals surface area contributed by atoms with Gasteiger partial charge in [0.05, 0.1) is 11.6 Å². The summed E-state index contributed by atoms with van der Waals surface area (Å²) in [4.78, 5) is 3.92. The Hall–Kier alpha value is -2.08. The van der Waals surface area contributed by atoms with Crippen LogP contribution >= 0.6 is 0 Å². The van der Waals surface area contributed by atoms with Crippen molar-refractivity contribution in [1.82, 2.24) is 0 Å². The Kier molecular flexibility index (Phi) is 3.64. The first kappa shape index (κ1) is 11.0. The zero-order chi connectivity index (χ0) is 11.3. The van der Waals surface area contributed by atoms with E-state index in [1.807, 2.05) is 19.1 Å². The number of nitrogens with two attached hydrogens (primary N) is 1. The summed E-state index contributed by atoms with van der Waals surface area (Å²) in [5, 5.41) is 8.80. The van der Waals surface area contributed by atoms with Gasteiger partial charge in [0.15, 0.2) is 0 Å². The Bertz CT molecular complexity index is 450. The third kappa shape index (κ3) is 2.44. The SMILES string of the molecule is CN=CC(=CN)c1cc(C#N)ccc1C. The summed E-state index contributed by atoms with van der Waals surface area (Å²) in [6.45, 7) is 1.98. The second kappa shape index (κ2) is 4.97. The Morgan fingerprint density at radius 3 is 2.80 bits per heavy atom. The maximum Gasteiger partial charge on any atom is 0.0991 e. The molecule has 0 aliphatic heterocycles. The molecule has 1 rings (SSSR count). The molecular weight excluding hydrogens is 186 g/mol. The fourth-order valence-corrected chi connectivity index (χ4v) is 1.34. The van der Waals surface area contributed by atoms with Crippen molar-refractivity contribution in [2.75, 3.05) is 7.05 Å². The van der Waals surface area contributed by atoms with Gasteiger partial charge in [-0.2, -0.15) is 5.26 Å². The van der Waals surface area contributed by atoms with Crippen molar-refractivity contribution >= 4 is 11.8 Å². The van der Waals surface area contributed by atoms with Crippen LogP contribution in [0.5, 0.6) is 0 Å². The molecule has 0 bridgehead atoms. The van der Waals surface area contributed by atoms with Crippen molar-refractivity contribution in [3.05, 3.63) is 41.1 Å². The smallest absolute Gasteiger partial charge is 0.0991 e. The standard InChI is InChI=1S/C12H13N3/c1-9-3-4-10(6-13)5-12(9)11(7-14)8-15-2/h3-5,7-8H,14H2,1-2H3. The van der Waals surface area contributed by atoms with Crippen LogP contribution in [0, 0.1) is 18.3 Å². The summed E-state index contributed by atoms with van der Waals surface area (Å²) < 4.78 is 0. The van der Waals surface area contributed by atoms with Crippen molar-refractivity contribution in [2.24, 2.45) is 10.7 Å². The molecule has 1 aromatic rings. The van der Waals surface area contributed by atoms with E-state index in [1.165, 1.54) is 6.20 Å². The van der Waals surface area contributed by atoms with Gasteiger partial charge in [-0.25, -0.2) is 0 Å². The van der Waals surface area contributed by atoms with Crippen LogP contribution in [0.4, 0.5) is 0 Å². The van der Waals surface area contributed by atoms with Gasteiger partial charge in [0.2, 0.25) is 0 Å². The lowest BCUT2D eigenvalue weighted by Gasteiger charge is -2.05. The maximum absolute atomic E-state index is 8.80. The van der Waals surface area contributed by atoms with Crippen molar-refractivity contribution in [2.45, 2.75) is 6.92 Å². The van der Waals surface area contributed by atoms with Gasteiger partial charge in [-0.1, -0.05) is 6.07 Å². The lowest BCUT2D eigenvalue weighted by Crippen LogP contribution is -1.95. The van der Waals surface area contributed by atoms with Gasteiger partial charge >= 0.3 is 0 Å². The van der Waals surface area contributed by atoms with Gasteiger partial charge in [-0.15, -0.1) is 0 Å². The molecule has 0 spiro atoms. The Morgan fingerprint density at radius 2 is 2.27 bits per heavy atom.